The number of benzene rings is 5. The van der Waals surface area contributed by atoms with Gasteiger partial charge in [0, 0.05) is 27.1 Å². The molecule has 1 atom stereocenters. The van der Waals surface area contributed by atoms with Gasteiger partial charge in [0.05, 0.1) is 0 Å². The van der Waals surface area contributed by atoms with E-state index in [-0.39, 0.29) is 6.17 Å². The second kappa shape index (κ2) is 11.1. The zero-order valence-electron chi connectivity index (χ0n) is 21.3. The first kappa shape index (κ1) is 25.5. The number of halogens is 2. The lowest BCUT2D eigenvalue weighted by Gasteiger charge is -2.32. The first-order valence-corrected chi connectivity index (χ1v) is 14.3. The van der Waals surface area contributed by atoms with Crippen molar-refractivity contribution < 1.29 is 0 Å². The second-order valence-electron chi connectivity index (χ2n) is 9.46. The third kappa shape index (κ3) is 5.51. The van der Waals surface area contributed by atoms with E-state index in [1.165, 1.54) is 22.3 Å². The molecule has 190 valence electrons. The topological polar surface area (TPSA) is 28.0 Å². The molecule has 5 heteroatoms. The molecule has 1 heterocycles. The second-order valence-corrected chi connectivity index (χ2v) is 11.3. The molecule has 0 amide bonds. The molecule has 0 N–H and O–H groups in total. The SMILES string of the molecule is CN1C(c2cc(Br)cc(Br)c2)=NC(c2ccc(-c3ccccc3)cc2)=NC1c1ccc(-c2ccccc2)cc1. The molecular weight excluding hydrogens is 610 g/mol. The fourth-order valence-electron chi connectivity index (χ4n) is 4.84. The van der Waals surface area contributed by atoms with Crippen molar-refractivity contribution in [3.05, 3.63) is 153 Å². The van der Waals surface area contributed by atoms with Crippen LogP contribution in [0.2, 0.25) is 0 Å². The molecule has 0 saturated carbocycles. The van der Waals surface area contributed by atoms with Gasteiger partial charge in [-0.05, 0) is 46.0 Å². The molecule has 0 radical (unpaired) electrons. The van der Waals surface area contributed by atoms with Gasteiger partial charge in [0.2, 0.25) is 0 Å². The van der Waals surface area contributed by atoms with Crippen LogP contribution in [0.1, 0.15) is 22.9 Å². The molecule has 1 aliphatic rings. The van der Waals surface area contributed by atoms with E-state index in [0.717, 1.165) is 37.3 Å². The van der Waals surface area contributed by atoms with Crippen LogP contribution in [0.15, 0.2) is 146 Å². The van der Waals surface area contributed by atoms with Crippen LogP contribution in [0.5, 0.6) is 0 Å². The van der Waals surface area contributed by atoms with Crippen LogP contribution in [-0.2, 0) is 0 Å². The maximum absolute atomic E-state index is 5.16. The minimum atomic E-state index is -0.219. The van der Waals surface area contributed by atoms with Crippen molar-refractivity contribution in [2.24, 2.45) is 9.98 Å². The predicted molar refractivity (Wildman–Crippen MR) is 169 cm³/mol. The van der Waals surface area contributed by atoms with Crippen molar-refractivity contribution in [1.82, 2.24) is 4.90 Å². The van der Waals surface area contributed by atoms with E-state index < -0.39 is 0 Å². The van der Waals surface area contributed by atoms with Crippen LogP contribution in [0.25, 0.3) is 22.3 Å². The van der Waals surface area contributed by atoms with E-state index >= 15 is 0 Å². The Bertz CT molecular complexity index is 1640. The average Bonchev–Trinajstić information content (AvgIpc) is 2.98. The predicted octanol–water partition coefficient (Wildman–Crippen LogP) is 9.38. The van der Waals surface area contributed by atoms with Crippen LogP contribution < -0.4 is 0 Å². The highest BCUT2D eigenvalue weighted by Gasteiger charge is 2.27. The van der Waals surface area contributed by atoms with Crippen LogP contribution in [0, 0.1) is 0 Å². The van der Waals surface area contributed by atoms with Crippen molar-refractivity contribution in [3.8, 4) is 22.3 Å². The van der Waals surface area contributed by atoms with Gasteiger partial charge in [-0.3, -0.25) is 0 Å². The normalized spacial score (nSPS) is 15.1. The van der Waals surface area contributed by atoms with Crippen LogP contribution >= 0.6 is 31.9 Å². The summed E-state index contributed by atoms with van der Waals surface area (Å²) in [5.41, 5.74) is 7.85. The number of hydrogen-bond acceptors (Lipinski definition) is 3. The molecule has 5 aromatic carbocycles. The summed E-state index contributed by atoms with van der Waals surface area (Å²) in [4.78, 5) is 12.4. The third-order valence-corrected chi connectivity index (χ3v) is 7.76. The minimum Gasteiger partial charge on any atom is -0.333 e. The molecule has 0 aromatic heterocycles. The average molecular weight is 635 g/mol. The molecule has 0 bridgehead atoms. The van der Waals surface area contributed by atoms with E-state index in [9.17, 15) is 0 Å². The van der Waals surface area contributed by atoms with Gasteiger partial charge in [0.15, 0.2) is 5.84 Å². The Morgan fingerprint density at radius 1 is 0.538 bits per heavy atom. The summed E-state index contributed by atoms with van der Waals surface area (Å²) >= 11 is 7.29. The molecule has 0 spiro atoms. The maximum atomic E-state index is 5.16. The summed E-state index contributed by atoms with van der Waals surface area (Å²) in [7, 11) is 2.06. The molecule has 0 saturated heterocycles. The lowest BCUT2D eigenvalue weighted by molar-refractivity contribution is 0.383. The lowest BCUT2D eigenvalue weighted by Crippen LogP contribution is -2.35. The molecule has 0 aliphatic carbocycles. The zero-order valence-corrected chi connectivity index (χ0v) is 24.5. The Hall–Kier alpha value is -3.80. The minimum absolute atomic E-state index is 0.219. The van der Waals surface area contributed by atoms with Crippen molar-refractivity contribution in [2.75, 3.05) is 7.05 Å². The van der Waals surface area contributed by atoms with E-state index in [4.69, 9.17) is 9.98 Å². The first-order chi connectivity index (χ1) is 19.0. The Morgan fingerprint density at radius 2 is 1.00 bits per heavy atom. The number of nitrogens with zero attached hydrogens (tertiary/aromatic N) is 3. The quantitative estimate of drug-likeness (QED) is 0.189. The summed E-state index contributed by atoms with van der Waals surface area (Å²) in [5, 5.41) is 0. The smallest absolute Gasteiger partial charge is 0.159 e. The number of aliphatic imine (C=N–C) groups is 2. The zero-order chi connectivity index (χ0) is 26.8. The highest BCUT2D eigenvalue weighted by atomic mass is 79.9. The molecule has 5 aromatic rings. The van der Waals surface area contributed by atoms with Gasteiger partial charge in [-0.25, -0.2) is 9.98 Å². The molecule has 0 fully saturated rings. The summed E-state index contributed by atoms with van der Waals surface area (Å²) in [5.74, 6) is 1.59. The van der Waals surface area contributed by atoms with Gasteiger partial charge in [-0.1, -0.05) is 141 Å². The standard InChI is InChI=1S/C34H25Br2N3/c1-39-33(28-18-14-26(15-19-28)24-10-6-3-7-11-24)37-32(38-34(39)29-20-30(35)22-31(36)21-29)27-16-12-25(13-17-27)23-8-4-2-5-9-23/h2-22,33H,1H3. The van der Waals surface area contributed by atoms with Gasteiger partial charge in [0.25, 0.3) is 0 Å². The third-order valence-electron chi connectivity index (χ3n) is 6.84. The molecular formula is C34H25Br2N3. The van der Waals surface area contributed by atoms with Crippen molar-refractivity contribution >= 4 is 43.5 Å². The van der Waals surface area contributed by atoms with Crippen molar-refractivity contribution in [3.63, 3.8) is 0 Å². The fourth-order valence-corrected chi connectivity index (χ4v) is 6.13. The number of hydrogen-bond donors (Lipinski definition) is 0. The van der Waals surface area contributed by atoms with E-state index in [1.54, 1.807) is 0 Å². The van der Waals surface area contributed by atoms with E-state index in [0.29, 0.717) is 0 Å². The van der Waals surface area contributed by atoms with Gasteiger partial charge in [-0.2, -0.15) is 0 Å². The van der Waals surface area contributed by atoms with Gasteiger partial charge in [0.1, 0.15) is 12.0 Å². The summed E-state index contributed by atoms with van der Waals surface area (Å²) < 4.78 is 1.98. The molecule has 6 rings (SSSR count). The molecule has 39 heavy (non-hydrogen) atoms. The lowest BCUT2D eigenvalue weighted by atomic mass is 10.0. The largest absolute Gasteiger partial charge is 0.333 e. The van der Waals surface area contributed by atoms with Gasteiger partial charge < -0.3 is 4.90 Å². The van der Waals surface area contributed by atoms with E-state index in [1.807, 2.05) is 18.2 Å². The summed E-state index contributed by atoms with van der Waals surface area (Å²) in [6.45, 7) is 0. The Kier molecular flexibility index (Phi) is 7.27. The first-order valence-electron chi connectivity index (χ1n) is 12.7. The van der Waals surface area contributed by atoms with Crippen molar-refractivity contribution in [2.45, 2.75) is 6.17 Å². The number of rotatable bonds is 5. The van der Waals surface area contributed by atoms with E-state index in [2.05, 4.69) is 153 Å². The Balaban J connectivity index is 1.41. The van der Waals surface area contributed by atoms with Gasteiger partial charge >= 0.3 is 0 Å². The summed E-state index contributed by atoms with van der Waals surface area (Å²) in [6.07, 6.45) is -0.219. The van der Waals surface area contributed by atoms with Crippen LogP contribution in [0.3, 0.4) is 0 Å². The monoisotopic (exact) mass is 633 g/mol. The van der Waals surface area contributed by atoms with Crippen molar-refractivity contribution in [1.29, 1.82) is 0 Å². The molecule has 1 unspecified atom stereocenters. The summed E-state index contributed by atoms with van der Waals surface area (Å²) in [6, 6.07) is 44.2. The van der Waals surface area contributed by atoms with Gasteiger partial charge in [-0.15, -0.1) is 0 Å². The Morgan fingerprint density at radius 3 is 1.54 bits per heavy atom. The Labute approximate surface area is 245 Å². The molecule has 1 aliphatic heterocycles. The van der Waals surface area contributed by atoms with Crippen LogP contribution in [0.4, 0.5) is 0 Å². The highest BCUT2D eigenvalue weighted by Crippen LogP contribution is 2.32. The molecule has 3 nitrogen and oxygen atoms in total. The van der Waals surface area contributed by atoms with Crippen LogP contribution in [-0.4, -0.2) is 23.6 Å². The fraction of sp³-hybridized carbons (Fsp3) is 0.0588. The number of amidine groups is 2. The highest BCUT2D eigenvalue weighted by molar-refractivity contribution is 9.11. The maximum Gasteiger partial charge on any atom is 0.159 e.